The normalized spacial score (nSPS) is 22.6. The summed E-state index contributed by atoms with van der Waals surface area (Å²) >= 11 is 0. The number of carbonyl (C=O) groups is 2. The van der Waals surface area contributed by atoms with Crippen molar-refractivity contribution in [3.63, 3.8) is 0 Å². The second kappa shape index (κ2) is 10.5. The van der Waals surface area contributed by atoms with Crippen LogP contribution in [-0.2, 0) is 26.0 Å². The van der Waals surface area contributed by atoms with Crippen LogP contribution in [0.1, 0.15) is 57.9 Å². The number of nitrogens with zero attached hydrogens (tertiary/aromatic N) is 2. The largest absolute Gasteiger partial charge is 0.351 e. The number of hydrogen-bond donors (Lipinski definition) is 1. The highest BCUT2D eigenvalue weighted by atomic mass is 32.2. The molecule has 1 aliphatic heterocycles. The number of sulfonamides is 1. The number of para-hydroxylation sites is 1. The van der Waals surface area contributed by atoms with Crippen molar-refractivity contribution in [3.8, 4) is 0 Å². The van der Waals surface area contributed by atoms with E-state index in [1.54, 1.807) is 25.1 Å². The zero-order chi connectivity index (χ0) is 25.1. The Morgan fingerprint density at radius 3 is 2.29 bits per heavy atom. The molecule has 1 atom stereocenters. The zero-order valence-electron chi connectivity index (χ0n) is 20.6. The summed E-state index contributed by atoms with van der Waals surface area (Å²) in [7, 11) is -3.95. The minimum absolute atomic E-state index is 0.0290. The van der Waals surface area contributed by atoms with Crippen molar-refractivity contribution < 1.29 is 18.0 Å². The van der Waals surface area contributed by atoms with Gasteiger partial charge in [-0.1, -0.05) is 69.0 Å². The van der Waals surface area contributed by atoms with Gasteiger partial charge >= 0.3 is 0 Å². The third-order valence-electron chi connectivity index (χ3n) is 7.21. The van der Waals surface area contributed by atoms with Crippen LogP contribution in [-0.4, -0.2) is 49.2 Å². The first-order valence-corrected chi connectivity index (χ1v) is 14.0. The van der Waals surface area contributed by atoms with Crippen LogP contribution < -0.4 is 10.2 Å². The topological polar surface area (TPSA) is 86.8 Å². The second-order valence-electron chi connectivity index (χ2n) is 9.73. The number of carbonyl (C=O) groups excluding carboxylic acids is 2. The highest BCUT2D eigenvalue weighted by Gasteiger charge is 2.51. The predicted molar refractivity (Wildman–Crippen MR) is 137 cm³/mol. The Bertz CT molecular complexity index is 1160. The number of hydrogen-bond acceptors (Lipinski definition) is 4. The van der Waals surface area contributed by atoms with E-state index >= 15 is 0 Å². The Labute approximate surface area is 208 Å². The first-order chi connectivity index (χ1) is 16.8. The van der Waals surface area contributed by atoms with E-state index in [1.807, 2.05) is 31.2 Å². The van der Waals surface area contributed by atoms with E-state index < -0.39 is 21.5 Å². The third kappa shape index (κ3) is 5.14. The summed E-state index contributed by atoms with van der Waals surface area (Å²) < 4.78 is 28.1. The highest BCUT2D eigenvalue weighted by Crippen LogP contribution is 2.34. The van der Waals surface area contributed by atoms with Gasteiger partial charge in [-0.3, -0.25) is 14.5 Å². The molecule has 2 aromatic rings. The summed E-state index contributed by atoms with van der Waals surface area (Å²) in [6.07, 6.45) is 6.89. The number of rotatable bonds is 6. The molecule has 0 bridgehead atoms. The van der Waals surface area contributed by atoms with Gasteiger partial charge < -0.3 is 5.32 Å². The fourth-order valence-corrected chi connectivity index (χ4v) is 6.75. The fourth-order valence-electron chi connectivity index (χ4n) is 5.24. The molecule has 2 fully saturated rings. The molecule has 4 rings (SSSR count). The van der Waals surface area contributed by atoms with Crippen LogP contribution in [0.15, 0.2) is 59.5 Å². The Balaban J connectivity index is 1.74. The van der Waals surface area contributed by atoms with E-state index in [2.05, 4.69) is 5.32 Å². The van der Waals surface area contributed by atoms with Crippen LogP contribution in [0.2, 0.25) is 0 Å². The van der Waals surface area contributed by atoms with E-state index in [0.29, 0.717) is 12.1 Å². The van der Waals surface area contributed by atoms with Gasteiger partial charge in [0.15, 0.2) is 0 Å². The van der Waals surface area contributed by atoms with Gasteiger partial charge in [-0.25, -0.2) is 8.42 Å². The molecule has 1 unspecified atom stereocenters. The number of nitrogens with one attached hydrogen (secondary N) is 1. The molecule has 1 aliphatic carbocycles. The van der Waals surface area contributed by atoms with Gasteiger partial charge in [0.05, 0.1) is 11.4 Å². The molecule has 35 heavy (non-hydrogen) atoms. The van der Waals surface area contributed by atoms with Gasteiger partial charge in [0.25, 0.3) is 0 Å². The molecule has 2 aliphatic rings. The van der Waals surface area contributed by atoms with Crippen molar-refractivity contribution >= 4 is 27.5 Å². The minimum atomic E-state index is -3.95. The third-order valence-corrected chi connectivity index (χ3v) is 9.02. The standard InChI is InChI=1S/C27H35N3O4S/c1-3-21-13-11-12-18-24(21)30-25(31)19-29(35(33,34)23-16-9-6-10-17-23)20-27(30,2)26(32)28-22-14-7-4-5-8-15-22/h6,9-13,16-18,22H,3-5,7-8,14-15,19-20H2,1-2H3,(H,28,32). The second-order valence-corrected chi connectivity index (χ2v) is 11.7. The molecule has 7 nitrogen and oxygen atoms in total. The lowest BCUT2D eigenvalue weighted by Gasteiger charge is -2.47. The zero-order valence-corrected chi connectivity index (χ0v) is 21.4. The van der Waals surface area contributed by atoms with Crippen LogP contribution in [0.25, 0.3) is 0 Å². The summed E-state index contributed by atoms with van der Waals surface area (Å²) in [6.45, 7) is 3.26. The van der Waals surface area contributed by atoms with Gasteiger partial charge in [0, 0.05) is 18.3 Å². The monoisotopic (exact) mass is 497 g/mol. The van der Waals surface area contributed by atoms with E-state index in [9.17, 15) is 18.0 Å². The number of amides is 2. The van der Waals surface area contributed by atoms with Gasteiger partial charge in [0.2, 0.25) is 21.8 Å². The molecule has 1 saturated carbocycles. The maximum Gasteiger partial charge on any atom is 0.247 e. The van der Waals surface area contributed by atoms with Crippen LogP contribution in [0.3, 0.4) is 0 Å². The van der Waals surface area contributed by atoms with Crippen molar-refractivity contribution in [2.24, 2.45) is 0 Å². The average Bonchev–Trinajstić information content (AvgIpc) is 3.13. The van der Waals surface area contributed by atoms with E-state index in [0.717, 1.165) is 48.4 Å². The maximum atomic E-state index is 13.9. The van der Waals surface area contributed by atoms with Crippen molar-refractivity contribution in [2.45, 2.75) is 75.3 Å². The highest BCUT2D eigenvalue weighted by molar-refractivity contribution is 7.89. The molecule has 0 radical (unpaired) electrons. The van der Waals surface area contributed by atoms with E-state index in [-0.39, 0.29) is 29.9 Å². The quantitative estimate of drug-likeness (QED) is 0.614. The lowest BCUT2D eigenvalue weighted by atomic mass is 9.92. The van der Waals surface area contributed by atoms with Crippen LogP contribution in [0.4, 0.5) is 5.69 Å². The van der Waals surface area contributed by atoms with Crippen molar-refractivity contribution in [3.05, 3.63) is 60.2 Å². The maximum absolute atomic E-state index is 13.9. The van der Waals surface area contributed by atoms with Crippen LogP contribution >= 0.6 is 0 Å². The average molecular weight is 498 g/mol. The summed E-state index contributed by atoms with van der Waals surface area (Å²) in [5, 5.41) is 3.18. The molecule has 0 aromatic heterocycles. The minimum Gasteiger partial charge on any atom is -0.351 e. The molecule has 1 N–H and O–H groups in total. The first-order valence-electron chi connectivity index (χ1n) is 12.5. The Morgan fingerprint density at radius 2 is 1.63 bits per heavy atom. The van der Waals surface area contributed by atoms with Crippen LogP contribution in [0, 0.1) is 0 Å². The summed E-state index contributed by atoms with van der Waals surface area (Å²) in [5.74, 6) is -0.716. The Kier molecular flexibility index (Phi) is 7.62. The van der Waals surface area contributed by atoms with Crippen molar-refractivity contribution in [2.75, 3.05) is 18.0 Å². The molecule has 1 saturated heterocycles. The fraction of sp³-hybridized carbons (Fsp3) is 0.481. The SMILES string of the molecule is CCc1ccccc1N1C(=O)CN(S(=O)(=O)c2ccccc2)CC1(C)C(=O)NC1CCCCCC1. The molecule has 188 valence electrons. The van der Waals surface area contributed by atoms with Gasteiger partial charge in [0.1, 0.15) is 5.54 Å². The van der Waals surface area contributed by atoms with E-state index in [4.69, 9.17) is 0 Å². The molecule has 2 aromatic carbocycles. The molecular weight excluding hydrogens is 462 g/mol. The Hall–Kier alpha value is -2.71. The molecule has 2 amide bonds. The molecule has 8 heteroatoms. The molecule has 1 heterocycles. The number of anilines is 1. The summed E-state index contributed by atoms with van der Waals surface area (Å²) in [4.78, 5) is 29.2. The molecule has 0 spiro atoms. The van der Waals surface area contributed by atoms with Gasteiger partial charge in [-0.15, -0.1) is 0 Å². The summed E-state index contributed by atoms with van der Waals surface area (Å²) in [5.41, 5.74) is 0.207. The van der Waals surface area contributed by atoms with Crippen molar-refractivity contribution in [1.29, 1.82) is 0 Å². The lowest BCUT2D eigenvalue weighted by molar-refractivity contribution is -0.133. The van der Waals surface area contributed by atoms with E-state index in [1.165, 1.54) is 17.0 Å². The Morgan fingerprint density at radius 1 is 1.00 bits per heavy atom. The van der Waals surface area contributed by atoms with Gasteiger partial charge in [-0.2, -0.15) is 4.31 Å². The van der Waals surface area contributed by atoms with Crippen molar-refractivity contribution in [1.82, 2.24) is 9.62 Å². The first kappa shape index (κ1) is 25.4. The van der Waals surface area contributed by atoms with Gasteiger partial charge in [-0.05, 0) is 49.9 Å². The smallest absolute Gasteiger partial charge is 0.247 e. The number of aryl methyl sites for hydroxylation is 1. The number of benzene rings is 2. The van der Waals surface area contributed by atoms with Crippen LogP contribution in [0.5, 0.6) is 0 Å². The lowest BCUT2D eigenvalue weighted by Crippen LogP contribution is -2.70. The predicted octanol–water partition coefficient (Wildman–Crippen LogP) is 3.88. The molecular formula is C27H35N3O4S. The summed E-state index contributed by atoms with van der Waals surface area (Å²) in [6, 6.07) is 15.7. The number of piperazine rings is 1.